The Morgan fingerprint density at radius 2 is 1.79 bits per heavy atom. The van der Waals surface area contributed by atoms with Crippen molar-refractivity contribution in [2.45, 2.75) is 45.2 Å². The number of hydrogen-bond donors (Lipinski definition) is 0. The summed E-state index contributed by atoms with van der Waals surface area (Å²) in [5.74, 6) is 0. The Bertz CT molecular complexity index is 448. The summed E-state index contributed by atoms with van der Waals surface area (Å²) >= 11 is 0. The van der Waals surface area contributed by atoms with Crippen molar-refractivity contribution in [2.24, 2.45) is 10.4 Å². The van der Waals surface area contributed by atoms with E-state index >= 15 is 0 Å². The predicted molar refractivity (Wildman–Crippen MR) is 82.9 cm³/mol. The molecule has 0 saturated heterocycles. The van der Waals surface area contributed by atoms with Crippen molar-refractivity contribution in [2.75, 3.05) is 14.1 Å². The van der Waals surface area contributed by atoms with Gasteiger partial charge < -0.3 is 4.90 Å². The van der Waals surface area contributed by atoms with Crippen LogP contribution in [-0.2, 0) is 0 Å². The Morgan fingerprint density at radius 3 is 2.32 bits per heavy atom. The lowest BCUT2D eigenvalue weighted by molar-refractivity contribution is 0.0568. The van der Waals surface area contributed by atoms with Crippen LogP contribution in [-0.4, -0.2) is 36.8 Å². The van der Waals surface area contributed by atoms with E-state index in [2.05, 4.69) is 64.0 Å². The van der Waals surface area contributed by atoms with Crippen LogP contribution >= 0.6 is 0 Å². The van der Waals surface area contributed by atoms with Crippen LogP contribution in [0.1, 0.15) is 39.2 Å². The van der Waals surface area contributed by atoms with Crippen LogP contribution in [0.25, 0.3) is 0 Å². The Labute approximate surface area is 117 Å². The Balaban J connectivity index is 2.18. The summed E-state index contributed by atoms with van der Waals surface area (Å²) < 4.78 is 0. The molecule has 0 aliphatic heterocycles. The molecule has 0 radical (unpaired) electrons. The molecule has 1 aliphatic rings. The molecule has 2 rings (SSSR count). The molecule has 1 fully saturated rings. The van der Waals surface area contributed by atoms with Gasteiger partial charge in [-0.25, -0.2) is 0 Å². The monoisotopic (exact) mass is 258 g/mol. The lowest BCUT2D eigenvalue weighted by Crippen LogP contribution is -2.52. The third-order valence-corrected chi connectivity index (χ3v) is 5.32. The van der Waals surface area contributed by atoms with Gasteiger partial charge in [0.2, 0.25) is 0 Å². The first-order valence-electron chi connectivity index (χ1n) is 7.13. The second-order valence-corrected chi connectivity index (χ2v) is 6.63. The second kappa shape index (κ2) is 5.09. The van der Waals surface area contributed by atoms with Crippen LogP contribution in [0.3, 0.4) is 0 Å². The van der Waals surface area contributed by atoms with Crippen LogP contribution in [0.5, 0.6) is 0 Å². The highest BCUT2D eigenvalue weighted by molar-refractivity contribution is 5.79. The van der Waals surface area contributed by atoms with E-state index in [0.29, 0.717) is 6.04 Å². The molecule has 19 heavy (non-hydrogen) atoms. The summed E-state index contributed by atoms with van der Waals surface area (Å²) in [6, 6.07) is 10.8. The van der Waals surface area contributed by atoms with Gasteiger partial charge in [0.05, 0.1) is 6.04 Å². The molecule has 104 valence electrons. The molecule has 1 aromatic rings. The molecule has 0 heterocycles. The zero-order valence-electron chi connectivity index (χ0n) is 12.9. The highest BCUT2D eigenvalue weighted by Gasteiger charge is 2.52. The molecule has 2 heteroatoms. The molecule has 0 unspecified atom stereocenters. The SMILES string of the molecule is CN(C)[C@@]1(C)CC[C@H](N=Cc2ccccc2)C1(C)C. The fourth-order valence-electron chi connectivity index (χ4n) is 3.24. The van der Waals surface area contributed by atoms with E-state index in [1.54, 1.807) is 0 Å². The molecule has 2 atom stereocenters. The molecule has 1 saturated carbocycles. The van der Waals surface area contributed by atoms with Gasteiger partial charge in [0.1, 0.15) is 0 Å². The van der Waals surface area contributed by atoms with Gasteiger partial charge in [0.25, 0.3) is 0 Å². The van der Waals surface area contributed by atoms with Crippen molar-refractivity contribution in [3.63, 3.8) is 0 Å². The molecular formula is C17H26N2. The first-order valence-corrected chi connectivity index (χ1v) is 7.13. The first-order chi connectivity index (χ1) is 8.88. The van der Waals surface area contributed by atoms with E-state index in [1.807, 2.05) is 12.3 Å². The summed E-state index contributed by atoms with van der Waals surface area (Å²) in [6.07, 6.45) is 4.42. The third-order valence-electron chi connectivity index (χ3n) is 5.32. The van der Waals surface area contributed by atoms with Crippen LogP contribution < -0.4 is 0 Å². The lowest BCUT2D eigenvalue weighted by Gasteiger charge is -2.45. The molecule has 1 aromatic carbocycles. The molecule has 0 aromatic heterocycles. The highest BCUT2D eigenvalue weighted by Crippen LogP contribution is 2.49. The normalized spacial score (nSPS) is 30.3. The number of hydrogen-bond acceptors (Lipinski definition) is 2. The molecule has 2 nitrogen and oxygen atoms in total. The predicted octanol–water partition coefficient (Wildman–Crippen LogP) is 3.61. The number of nitrogens with zero attached hydrogens (tertiary/aromatic N) is 2. The molecule has 0 N–H and O–H groups in total. The van der Waals surface area contributed by atoms with Gasteiger partial charge in [-0.15, -0.1) is 0 Å². The maximum atomic E-state index is 4.87. The van der Waals surface area contributed by atoms with Gasteiger partial charge in [-0.2, -0.15) is 0 Å². The zero-order valence-corrected chi connectivity index (χ0v) is 12.9. The summed E-state index contributed by atoms with van der Waals surface area (Å²) in [5.41, 5.74) is 1.62. The molecular weight excluding hydrogens is 232 g/mol. The van der Waals surface area contributed by atoms with Crippen molar-refractivity contribution in [1.82, 2.24) is 4.90 Å². The lowest BCUT2D eigenvalue weighted by atomic mass is 9.73. The van der Waals surface area contributed by atoms with Gasteiger partial charge in [-0.1, -0.05) is 44.2 Å². The number of aliphatic imine (C=N–C) groups is 1. The summed E-state index contributed by atoms with van der Waals surface area (Å²) in [4.78, 5) is 7.24. The second-order valence-electron chi connectivity index (χ2n) is 6.63. The van der Waals surface area contributed by atoms with E-state index in [1.165, 1.54) is 18.4 Å². The van der Waals surface area contributed by atoms with Gasteiger partial charge in [0, 0.05) is 17.2 Å². The van der Waals surface area contributed by atoms with E-state index in [-0.39, 0.29) is 11.0 Å². The third kappa shape index (κ3) is 2.46. The van der Waals surface area contributed by atoms with E-state index < -0.39 is 0 Å². The summed E-state index contributed by atoms with van der Waals surface area (Å²) in [6.45, 7) is 7.07. The van der Waals surface area contributed by atoms with Gasteiger partial charge in [0.15, 0.2) is 0 Å². The largest absolute Gasteiger partial charge is 0.303 e. The highest BCUT2D eigenvalue weighted by atomic mass is 15.2. The smallest absolute Gasteiger partial charge is 0.0569 e. The number of benzene rings is 1. The standard InChI is InChI=1S/C17H26N2/c1-16(2)15(11-12-17(16,3)19(4)5)18-13-14-9-7-6-8-10-14/h6-10,13,15H,11-12H2,1-5H3/t15-,17-/m0/s1. The molecule has 0 bridgehead atoms. The summed E-state index contributed by atoms with van der Waals surface area (Å²) in [7, 11) is 4.37. The average Bonchev–Trinajstić information content (AvgIpc) is 2.61. The van der Waals surface area contributed by atoms with Crippen molar-refractivity contribution in [3.05, 3.63) is 35.9 Å². The Morgan fingerprint density at radius 1 is 1.16 bits per heavy atom. The van der Waals surface area contributed by atoms with Crippen molar-refractivity contribution < 1.29 is 0 Å². The fourth-order valence-corrected chi connectivity index (χ4v) is 3.24. The Kier molecular flexibility index (Phi) is 3.82. The van der Waals surface area contributed by atoms with Crippen molar-refractivity contribution >= 4 is 6.21 Å². The van der Waals surface area contributed by atoms with Gasteiger partial charge in [-0.05, 0) is 39.4 Å². The van der Waals surface area contributed by atoms with Gasteiger partial charge in [-0.3, -0.25) is 4.99 Å². The van der Waals surface area contributed by atoms with Gasteiger partial charge >= 0.3 is 0 Å². The first kappa shape index (κ1) is 14.3. The van der Waals surface area contributed by atoms with Crippen LogP contribution in [0.4, 0.5) is 0 Å². The number of rotatable bonds is 3. The summed E-state index contributed by atoms with van der Waals surface area (Å²) in [5, 5.41) is 0. The van der Waals surface area contributed by atoms with Crippen LogP contribution in [0.2, 0.25) is 0 Å². The molecule has 1 aliphatic carbocycles. The van der Waals surface area contributed by atoms with E-state index in [9.17, 15) is 0 Å². The minimum Gasteiger partial charge on any atom is -0.303 e. The quantitative estimate of drug-likeness (QED) is 0.756. The minimum absolute atomic E-state index is 0.196. The van der Waals surface area contributed by atoms with Crippen LogP contribution in [0.15, 0.2) is 35.3 Å². The maximum absolute atomic E-state index is 4.87. The molecule has 0 spiro atoms. The Hall–Kier alpha value is -1.15. The van der Waals surface area contributed by atoms with Crippen molar-refractivity contribution in [1.29, 1.82) is 0 Å². The zero-order chi connectivity index (χ0) is 14.1. The van der Waals surface area contributed by atoms with E-state index in [4.69, 9.17) is 4.99 Å². The average molecular weight is 258 g/mol. The maximum Gasteiger partial charge on any atom is 0.0569 e. The minimum atomic E-state index is 0.196. The fraction of sp³-hybridized carbons (Fsp3) is 0.588. The topological polar surface area (TPSA) is 15.6 Å². The molecule has 0 amide bonds. The van der Waals surface area contributed by atoms with E-state index in [0.717, 1.165) is 0 Å². The van der Waals surface area contributed by atoms with Crippen molar-refractivity contribution in [3.8, 4) is 0 Å². The van der Waals surface area contributed by atoms with Crippen LogP contribution in [0, 0.1) is 5.41 Å².